The first kappa shape index (κ1) is 43.1. The fourth-order valence-electron chi connectivity index (χ4n) is 12.3. The number of hydrogen-bond acceptors (Lipinski definition) is 2. The van der Waals surface area contributed by atoms with Crippen LogP contribution in [0.25, 0.3) is 103 Å². The first-order chi connectivity index (χ1) is 36.7. The Morgan fingerprint density at radius 2 is 0.838 bits per heavy atom. The Morgan fingerprint density at radius 3 is 1.57 bits per heavy atom. The molecule has 0 radical (unpaired) electrons. The van der Waals surface area contributed by atoms with Gasteiger partial charge in [-0.2, -0.15) is 0 Å². The fraction of sp³-hybridized carbons (Fsp3) is 0. The van der Waals surface area contributed by atoms with Crippen LogP contribution in [-0.2, 0) is 0 Å². The average Bonchev–Trinajstić information content (AvgIpc) is 4.10. The molecule has 14 aromatic rings. The summed E-state index contributed by atoms with van der Waals surface area (Å²) < 4.78 is 5.23. The van der Waals surface area contributed by atoms with Crippen molar-refractivity contribution in [3.63, 3.8) is 0 Å². The van der Waals surface area contributed by atoms with Gasteiger partial charge in [-0.3, -0.25) is 0 Å². The standard InChI is InChI=1S/C70H45NS2Si/c1-3-20-46(21-4-1)52-41-53(47-22-5-2-6-23-47)43-54(42-52)74(68-45-49-25-8-7-24-48(49)44-62(68)71-60-33-12-9-28-57(60)58-29-10-13-34-61(58)71)66-38-16-15-36-64(66)73-70-56(32-19-39-67(70)74)51-27-17-26-50(40-51)55-31-18-37-65-69(55)59-30-11-14-35-63(59)72-65/h1-45H. The minimum Gasteiger partial charge on any atom is -0.309 e. The summed E-state index contributed by atoms with van der Waals surface area (Å²) in [5, 5.41) is 13.1. The lowest BCUT2D eigenvalue weighted by atomic mass is 9.96. The van der Waals surface area contributed by atoms with Crippen LogP contribution in [0.15, 0.2) is 283 Å². The SMILES string of the molecule is c1ccc(-c2cc(-c3ccccc3)cc([Si]3(c4cc5ccccc5cc4-n4c5ccccc5c5ccccc54)c4ccccc4Sc4c(-c5cccc(-c6cccc7sc8ccccc8c67)c5)cccc43)c2)cc1. The minimum atomic E-state index is -3.44. The lowest BCUT2D eigenvalue weighted by molar-refractivity contribution is 1.19. The second-order valence-corrected chi connectivity index (χ2v) is 25.3. The fourth-order valence-corrected chi connectivity index (χ4v) is 20.7. The van der Waals surface area contributed by atoms with Gasteiger partial charge in [0.1, 0.15) is 0 Å². The van der Waals surface area contributed by atoms with Crippen LogP contribution in [0.3, 0.4) is 0 Å². The zero-order valence-electron chi connectivity index (χ0n) is 40.2. The Balaban J connectivity index is 1.09. The van der Waals surface area contributed by atoms with Gasteiger partial charge in [0.25, 0.3) is 0 Å². The molecule has 0 amide bonds. The molecule has 1 unspecified atom stereocenters. The van der Waals surface area contributed by atoms with Gasteiger partial charge in [-0.25, -0.2) is 0 Å². The maximum Gasteiger partial charge on any atom is 0.184 e. The van der Waals surface area contributed by atoms with Gasteiger partial charge in [0.05, 0.1) is 11.0 Å². The van der Waals surface area contributed by atoms with Gasteiger partial charge in [-0.05, 0) is 125 Å². The number of thiophene rings is 1. The van der Waals surface area contributed by atoms with Gasteiger partial charge in [-0.15, -0.1) is 11.3 Å². The molecule has 15 rings (SSSR count). The summed E-state index contributed by atoms with van der Waals surface area (Å²) in [5.74, 6) is 0. The van der Waals surface area contributed by atoms with Crippen molar-refractivity contribution in [2.75, 3.05) is 0 Å². The van der Waals surface area contributed by atoms with Crippen molar-refractivity contribution in [1.29, 1.82) is 0 Å². The zero-order valence-corrected chi connectivity index (χ0v) is 42.9. The summed E-state index contributed by atoms with van der Waals surface area (Å²) in [6.07, 6.45) is 0. The second-order valence-electron chi connectivity index (χ2n) is 19.5. The topological polar surface area (TPSA) is 4.93 Å². The largest absolute Gasteiger partial charge is 0.309 e. The molecule has 3 heterocycles. The number of fused-ring (bicyclic) bond motifs is 9. The van der Waals surface area contributed by atoms with E-state index in [4.69, 9.17) is 0 Å². The third-order valence-corrected chi connectivity index (χ3v) is 23.0. The monoisotopic (exact) mass is 991 g/mol. The van der Waals surface area contributed by atoms with Gasteiger partial charge in [0.15, 0.2) is 8.07 Å². The van der Waals surface area contributed by atoms with Gasteiger partial charge in [0, 0.05) is 46.4 Å². The molecule has 2 aromatic heterocycles. The van der Waals surface area contributed by atoms with Crippen molar-refractivity contribution in [1.82, 2.24) is 4.57 Å². The smallest absolute Gasteiger partial charge is 0.184 e. The number of hydrogen-bond donors (Lipinski definition) is 0. The molecular weight excluding hydrogens is 947 g/mol. The Labute approximate surface area is 439 Å². The van der Waals surface area contributed by atoms with E-state index in [1.54, 1.807) is 0 Å². The van der Waals surface area contributed by atoms with E-state index in [0.29, 0.717) is 0 Å². The molecule has 1 aliphatic rings. The molecule has 12 aromatic carbocycles. The van der Waals surface area contributed by atoms with Gasteiger partial charge in [0.2, 0.25) is 0 Å². The third kappa shape index (κ3) is 6.69. The van der Waals surface area contributed by atoms with Crippen LogP contribution >= 0.6 is 23.1 Å². The predicted octanol–water partition coefficient (Wildman–Crippen LogP) is 16.8. The zero-order chi connectivity index (χ0) is 48.7. The molecule has 0 spiro atoms. The summed E-state index contributed by atoms with van der Waals surface area (Å²) in [6, 6.07) is 103. The van der Waals surface area contributed by atoms with Crippen molar-refractivity contribution in [3.05, 3.63) is 273 Å². The number of para-hydroxylation sites is 2. The van der Waals surface area contributed by atoms with Crippen LogP contribution in [-0.4, -0.2) is 12.6 Å². The quantitative estimate of drug-likeness (QED) is 0.144. The highest BCUT2D eigenvalue weighted by Gasteiger charge is 2.49. The number of nitrogens with zero attached hydrogens (tertiary/aromatic N) is 1. The van der Waals surface area contributed by atoms with Crippen molar-refractivity contribution in [3.8, 4) is 50.2 Å². The van der Waals surface area contributed by atoms with E-state index in [0.717, 1.165) is 0 Å². The highest BCUT2D eigenvalue weighted by Crippen LogP contribution is 2.45. The van der Waals surface area contributed by atoms with E-state index in [1.807, 2.05) is 23.1 Å². The second kappa shape index (κ2) is 17.3. The molecule has 0 saturated carbocycles. The Hall–Kier alpha value is -8.51. The highest BCUT2D eigenvalue weighted by molar-refractivity contribution is 8.00. The third-order valence-electron chi connectivity index (χ3n) is 15.5. The Bertz CT molecular complexity index is 4420. The van der Waals surface area contributed by atoms with E-state index in [2.05, 4.69) is 278 Å². The van der Waals surface area contributed by atoms with Crippen LogP contribution in [0.2, 0.25) is 0 Å². The summed E-state index contributed by atoms with van der Waals surface area (Å²) in [5.41, 5.74) is 13.4. The molecule has 346 valence electrons. The van der Waals surface area contributed by atoms with Crippen LogP contribution in [0.5, 0.6) is 0 Å². The van der Waals surface area contributed by atoms with Crippen LogP contribution in [0.4, 0.5) is 0 Å². The normalized spacial score (nSPS) is 14.2. The van der Waals surface area contributed by atoms with Crippen molar-refractivity contribution >= 4 is 105 Å². The van der Waals surface area contributed by atoms with Gasteiger partial charge >= 0.3 is 0 Å². The van der Waals surface area contributed by atoms with Gasteiger partial charge in [-0.1, -0.05) is 236 Å². The van der Waals surface area contributed by atoms with Crippen molar-refractivity contribution in [2.24, 2.45) is 0 Å². The molecule has 1 aliphatic heterocycles. The van der Waals surface area contributed by atoms with Crippen LogP contribution < -0.4 is 20.7 Å². The van der Waals surface area contributed by atoms with Crippen molar-refractivity contribution < 1.29 is 0 Å². The first-order valence-corrected chi connectivity index (χ1v) is 29.0. The van der Waals surface area contributed by atoms with E-state index in [1.165, 1.54) is 133 Å². The molecule has 1 nitrogen and oxygen atoms in total. The average molecular weight is 992 g/mol. The number of benzene rings is 12. The predicted molar refractivity (Wildman–Crippen MR) is 321 cm³/mol. The highest BCUT2D eigenvalue weighted by atomic mass is 32.2. The lowest BCUT2D eigenvalue weighted by Gasteiger charge is -2.42. The van der Waals surface area contributed by atoms with E-state index in [9.17, 15) is 0 Å². The van der Waals surface area contributed by atoms with Crippen molar-refractivity contribution in [2.45, 2.75) is 9.79 Å². The Morgan fingerprint density at radius 1 is 0.324 bits per heavy atom. The Kier molecular flexibility index (Phi) is 10.1. The molecule has 0 saturated heterocycles. The molecule has 74 heavy (non-hydrogen) atoms. The van der Waals surface area contributed by atoms with Crippen LogP contribution in [0.1, 0.15) is 0 Å². The molecule has 0 N–H and O–H groups in total. The molecule has 4 heteroatoms. The first-order valence-electron chi connectivity index (χ1n) is 25.4. The van der Waals surface area contributed by atoms with Gasteiger partial charge < -0.3 is 4.57 Å². The molecule has 0 aliphatic carbocycles. The molecule has 1 atom stereocenters. The minimum absolute atomic E-state index is 1.20. The number of aromatic nitrogens is 1. The number of rotatable bonds is 7. The summed E-state index contributed by atoms with van der Waals surface area (Å²) in [6.45, 7) is 0. The van der Waals surface area contributed by atoms with E-state index in [-0.39, 0.29) is 0 Å². The van der Waals surface area contributed by atoms with E-state index >= 15 is 0 Å². The molecule has 0 bridgehead atoms. The lowest BCUT2D eigenvalue weighted by Crippen LogP contribution is -2.77. The van der Waals surface area contributed by atoms with Crippen LogP contribution in [0, 0.1) is 0 Å². The maximum absolute atomic E-state index is 3.44. The molecular formula is C70H45NS2Si. The summed E-state index contributed by atoms with van der Waals surface area (Å²) in [7, 11) is -3.44. The molecule has 0 fully saturated rings. The maximum atomic E-state index is 2.59. The van der Waals surface area contributed by atoms with E-state index < -0.39 is 8.07 Å². The summed E-state index contributed by atoms with van der Waals surface area (Å²) in [4.78, 5) is 2.62. The summed E-state index contributed by atoms with van der Waals surface area (Å²) >= 11 is 3.82.